The van der Waals surface area contributed by atoms with E-state index in [1.165, 1.54) is 0 Å². The van der Waals surface area contributed by atoms with Crippen LogP contribution in [-0.2, 0) is 4.74 Å². The lowest BCUT2D eigenvalue weighted by Gasteiger charge is -2.31. The molecule has 0 radical (unpaired) electrons. The van der Waals surface area contributed by atoms with Crippen LogP contribution < -0.4 is 11.6 Å². The maximum absolute atomic E-state index is 5.56. The molecule has 4 N–H and O–H groups in total. The van der Waals surface area contributed by atoms with Gasteiger partial charge in [0.15, 0.2) is 0 Å². The van der Waals surface area contributed by atoms with Crippen LogP contribution in [0.5, 0.6) is 0 Å². The van der Waals surface area contributed by atoms with Gasteiger partial charge in [-0.1, -0.05) is 0 Å². The van der Waals surface area contributed by atoms with Gasteiger partial charge in [0.05, 0.1) is 0 Å². The summed E-state index contributed by atoms with van der Waals surface area (Å²) in [5, 5.41) is 3.44. The molecule has 0 aliphatic carbocycles. The third-order valence-corrected chi connectivity index (χ3v) is 2.23. The number of rotatable bonds is 1. The fourth-order valence-electron chi connectivity index (χ4n) is 1.35. The third kappa shape index (κ3) is 2.01. The van der Waals surface area contributed by atoms with Crippen molar-refractivity contribution in [3.63, 3.8) is 0 Å². The van der Waals surface area contributed by atoms with Crippen LogP contribution in [0, 0.1) is 0 Å². The summed E-state index contributed by atoms with van der Waals surface area (Å²) in [6.45, 7) is 1.60. The number of nitrogens with zero attached hydrogens (tertiary/aromatic N) is 2. The highest BCUT2D eigenvalue weighted by Gasteiger charge is 2.19. The van der Waals surface area contributed by atoms with Gasteiger partial charge in [-0.25, -0.2) is 0 Å². The van der Waals surface area contributed by atoms with Gasteiger partial charge in [-0.2, -0.15) is 0 Å². The van der Waals surface area contributed by atoms with Crippen LogP contribution >= 0.6 is 0 Å². The van der Waals surface area contributed by atoms with Crippen molar-refractivity contribution in [1.82, 2.24) is 4.90 Å². The van der Waals surface area contributed by atoms with Gasteiger partial charge in [-0.05, 0) is 12.8 Å². The van der Waals surface area contributed by atoms with Gasteiger partial charge < -0.3 is 21.2 Å². The topological polar surface area (TPSA) is 76.9 Å². The lowest BCUT2D eigenvalue weighted by molar-refractivity contribution is 0.0602. The van der Waals surface area contributed by atoms with Crippen molar-refractivity contribution in [1.29, 1.82) is 0 Å². The summed E-state index contributed by atoms with van der Waals surface area (Å²) in [6.07, 6.45) is 1.99. The van der Waals surface area contributed by atoms with Crippen LogP contribution in [-0.4, -0.2) is 37.2 Å². The van der Waals surface area contributed by atoms with Gasteiger partial charge in [-0.3, -0.25) is 0 Å². The number of ether oxygens (including phenoxy) is 1. The Morgan fingerprint density at radius 3 is 2.58 bits per heavy atom. The smallest absolute Gasteiger partial charge is 0.213 e. The zero-order valence-corrected chi connectivity index (χ0v) is 7.36. The molecule has 1 aliphatic heterocycles. The van der Waals surface area contributed by atoms with Crippen LogP contribution in [0.15, 0.2) is 5.10 Å². The molecule has 1 heterocycles. The van der Waals surface area contributed by atoms with Gasteiger partial charge in [-0.15, -0.1) is 5.10 Å². The molecule has 5 heteroatoms. The molecule has 0 spiro atoms. The number of hydrazone groups is 1. The van der Waals surface area contributed by atoms with Crippen molar-refractivity contribution < 1.29 is 4.74 Å². The number of guanidine groups is 1. The first kappa shape index (κ1) is 9.12. The van der Waals surface area contributed by atoms with Crippen LogP contribution in [0.4, 0.5) is 0 Å². The third-order valence-electron chi connectivity index (χ3n) is 2.23. The Kier molecular flexibility index (Phi) is 3.16. The van der Waals surface area contributed by atoms with Crippen LogP contribution in [0.3, 0.4) is 0 Å². The maximum atomic E-state index is 5.56. The van der Waals surface area contributed by atoms with E-state index >= 15 is 0 Å². The molecule has 1 rings (SSSR count). The van der Waals surface area contributed by atoms with Gasteiger partial charge in [0, 0.05) is 26.3 Å². The lowest BCUT2D eigenvalue weighted by atomic mass is 10.1. The molecule has 0 bridgehead atoms. The molecule has 1 saturated heterocycles. The van der Waals surface area contributed by atoms with Gasteiger partial charge >= 0.3 is 0 Å². The SMILES string of the molecule is CN(C(N)=NN)C1CCOCC1. The van der Waals surface area contributed by atoms with Gasteiger partial charge in [0.1, 0.15) is 0 Å². The predicted octanol–water partition coefficient (Wildman–Crippen LogP) is -0.714. The van der Waals surface area contributed by atoms with Crippen molar-refractivity contribution in [2.45, 2.75) is 18.9 Å². The van der Waals surface area contributed by atoms with Crippen LogP contribution in [0.25, 0.3) is 0 Å². The summed E-state index contributed by atoms with van der Waals surface area (Å²) in [5.74, 6) is 5.46. The maximum Gasteiger partial charge on any atom is 0.213 e. The molecular weight excluding hydrogens is 156 g/mol. The minimum atomic E-state index is 0.391. The van der Waals surface area contributed by atoms with Crippen molar-refractivity contribution in [3.8, 4) is 0 Å². The second-order valence-corrected chi connectivity index (χ2v) is 2.94. The van der Waals surface area contributed by atoms with E-state index in [1.807, 2.05) is 11.9 Å². The molecule has 70 valence electrons. The molecule has 12 heavy (non-hydrogen) atoms. The second-order valence-electron chi connectivity index (χ2n) is 2.94. The fraction of sp³-hybridized carbons (Fsp3) is 0.857. The fourth-order valence-corrected chi connectivity index (χ4v) is 1.35. The summed E-state index contributed by atoms with van der Waals surface area (Å²) in [6, 6.07) is 0.422. The number of nitrogens with two attached hydrogens (primary N) is 2. The second kappa shape index (κ2) is 4.15. The highest BCUT2D eigenvalue weighted by molar-refractivity contribution is 5.77. The molecule has 0 saturated carbocycles. The van der Waals surface area contributed by atoms with E-state index in [0.29, 0.717) is 12.0 Å². The average molecular weight is 172 g/mol. The predicted molar refractivity (Wildman–Crippen MR) is 47.4 cm³/mol. The standard InChI is InChI=1S/C7H16N4O/c1-11(7(8)10-9)6-2-4-12-5-3-6/h6H,2-5,9H2,1H3,(H2,8,10). The van der Waals surface area contributed by atoms with E-state index in [-0.39, 0.29) is 0 Å². The molecule has 0 aromatic carbocycles. The highest BCUT2D eigenvalue weighted by atomic mass is 16.5. The van der Waals surface area contributed by atoms with Crippen molar-refractivity contribution in [3.05, 3.63) is 0 Å². The molecule has 1 fully saturated rings. The molecule has 0 amide bonds. The molecule has 5 nitrogen and oxygen atoms in total. The Morgan fingerprint density at radius 1 is 1.50 bits per heavy atom. The van der Waals surface area contributed by atoms with E-state index in [0.717, 1.165) is 26.1 Å². The first-order chi connectivity index (χ1) is 5.75. The highest BCUT2D eigenvalue weighted by Crippen LogP contribution is 2.11. The Balaban J connectivity index is 2.44. The number of hydrogen-bond acceptors (Lipinski definition) is 3. The molecule has 0 aromatic rings. The number of hydrogen-bond donors (Lipinski definition) is 2. The molecule has 0 aromatic heterocycles. The Morgan fingerprint density at radius 2 is 2.08 bits per heavy atom. The normalized spacial score (nSPS) is 20.9. The largest absolute Gasteiger partial charge is 0.381 e. The van der Waals surface area contributed by atoms with Crippen molar-refractivity contribution in [2.75, 3.05) is 20.3 Å². The molecule has 0 atom stereocenters. The van der Waals surface area contributed by atoms with Crippen LogP contribution in [0.2, 0.25) is 0 Å². The zero-order chi connectivity index (χ0) is 8.97. The van der Waals surface area contributed by atoms with E-state index in [2.05, 4.69) is 5.10 Å². The first-order valence-electron chi connectivity index (χ1n) is 4.09. The summed E-state index contributed by atoms with van der Waals surface area (Å²) in [5.41, 5.74) is 5.56. The first-order valence-corrected chi connectivity index (χ1v) is 4.09. The lowest BCUT2D eigenvalue weighted by Crippen LogP contribution is -2.44. The van der Waals surface area contributed by atoms with Gasteiger partial charge in [0.2, 0.25) is 5.96 Å². The van der Waals surface area contributed by atoms with Crippen molar-refractivity contribution in [2.24, 2.45) is 16.7 Å². The monoisotopic (exact) mass is 172 g/mol. The van der Waals surface area contributed by atoms with E-state index in [4.69, 9.17) is 16.3 Å². The van der Waals surface area contributed by atoms with Gasteiger partial charge in [0.25, 0.3) is 0 Å². The molecule has 0 unspecified atom stereocenters. The average Bonchev–Trinajstić information content (AvgIpc) is 2.17. The quantitative estimate of drug-likeness (QED) is 0.237. The summed E-state index contributed by atoms with van der Waals surface area (Å²) in [4.78, 5) is 1.91. The Bertz CT molecular complexity index is 165. The summed E-state index contributed by atoms with van der Waals surface area (Å²) in [7, 11) is 1.90. The van der Waals surface area contributed by atoms with Crippen molar-refractivity contribution >= 4 is 5.96 Å². The molecule has 1 aliphatic rings. The van der Waals surface area contributed by atoms with E-state index in [1.54, 1.807) is 0 Å². The van der Waals surface area contributed by atoms with Crippen LogP contribution in [0.1, 0.15) is 12.8 Å². The van der Waals surface area contributed by atoms with E-state index < -0.39 is 0 Å². The summed E-state index contributed by atoms with van der Waals surface area (Å²) >= 11 is 0. The Labute approximate surface area is 72.3 Å². The summed E-state index contributed by atoms with van der Waals surface area (Å²) < 4.78 is 5.22. The molecular formula is C7H16N4O. The zero-order valence-electron chi connectivity index (χ0n) is 7.36. The Hall–Kier alpha value is -0.970. The minimum absolute atomic E-state index is 0.391. The minimum Gasteiger partial charge on any atom is -0.381 e. The van der Waals surface area contributed by atoms with E-state index in [9.17, 15) is 0 Å².